The van der Waals surface area contributed by atoms with Crippen LogP contribution in [0.4, 0.5) is 0 Å². The summed E-state index contributed by atoms with van der Waals surface area (Å²) >= 11 is 6.23. The van der Waals surface area contributed by atoms with Crippen LogP contribution in [-0.2, 0) is 20.0 Å². The lowest BCUT2D eigenvalue weighted by Gasteiger charge is -2.13. The molecule has 0 bridgehead atoms. The molecular weight excluding hydrogens is 274 g/mol. The third kappa shape index (κ3) is 3.74. The van der Waals surface area contributed by atoms with E-state index in [0.717, 1.165) is 36.6 Å². The van der Waals surface area contributed by atoms with E-state index in [2.05, 4.69) is 17.2 Å². The third-order valence-corrected chi connectivity index (χ3v) is 3.40. The molecule has 0 unspecified atom stereocenters. The van der Waals surface area contributed by atoms with Gasteiger partial charge in [0.2, 0.25) is 0 Å². The van der Waals surface area contributed by atoms with Crippen LogP contribution in [0.15, 0.2) is 30.6 Å². The molecule has 0 saturated carbocycles. The number of rotatable bonds is 7. The lowest BCUT2D eigenvalue weighted by molar-refractivity contribution is 0.313. The van der Waals surface area contributed by atoms with E-state index >= 15 is 0 Å². The first-order chi connectivity index (χ1) is 9.72. The van der Waals surface area contributed by atoms with Crippen LogP contribution < -0.4 is 10.1 Å². The van der Waals surface area contributed by atoms with Gasteiger partial charge in [0.25, 0.3) is 0 Å². The molecule has 0 radical (unpaired) electrons. The SMILES string of the molecule is CCNCc1cccc(Cl)c1OCCc1nccn1C. The fraction of sp³-hybridized carbons (Fsp3) is 0.400. The minimum absolute atomic E-state index is 0.563. The van der Waals surface area contributed by atoms with Crippen LogP contribution in [0.2, 0.25) is 5.02 Å². The van der Waals surface area contributed by atoms with Gasteiger partial charge in [0.1, 0.15) is 11.6 Å². The van der Waals surface area contributed by atoms with Crippen molar-refractivity contribution >= 4 is 11.6 Å². The second-order valence-electron chi connectivity index (χ2n) is 4.56. The molecule has 2 rings (SSSR count). The molecular formula is C15H20ClN3O. The van der Waals surface area contributed by atoms with Gasteiger partial charge in [-0.05, 0) is 12.6 Å². The fourth-order valence-electron chi connectivity index (χ4n) is 2.00. The number of nitrogens with zero attached hydrogens (tertiary/aromatic N) is 2. The highest BCUT2D eigenvalue weighted by molar-refractivity contribution is 6.32. The smallest absolute Gasteiger partial charge is 0.142 e. The highest BCUT2D eigenvalue weighted by Crippen LogP contribution is 2.28. The number of para-hydroxylation sites is 1. The second-order valence-corrected chi connectivity index (χ2v) is 4.97. The van der Waals surface area contributed by atoms with Crippen molar-refractivity contribution in [3.05, 3.63) is 47.0 Å². The van der Waals surface area contributed by atoms with E-state index in [4.69, 9.17) is 16.3 Å². The minimum atomic E-state index is 0.563. The molecule has 0 fully saturated rings. The molecule has 5 heteroatoms. The number of benzene rings is 1. The number of hydrogen-bond donors (Lipinski definition) is 1. The molecule has 0 saturated heterocycles. The summed E-state index contributed by atoms with van der Waals surface area (Å²) < 4.78 is 7.86. The molecule has 1 heterocycles. The van der Waals surface area contributed by atoms with Crippen LogP contribution >= 0.6 is 11.6 Å². The van der Waals surface area contributed by atoms with Crippen molar-refractivity contribution in [3.8, 4) is 5.75 Å². The van der Waals surface area contributed by atoms with E-state index < -0.39 is 0 Å². The zero-order valence-electron chi connectivity index (χ0n) is 11.9. The number of hydrogen-bond acceptors (Lipinski definition) is 3. The van der Waals surface area contributed by atoms with Crippen molar-refractivity contribution in [2.45, 2.75) is 19.9 Å². The number of ether oxygens (including phenoxy) is 1. The number of halogens is 1. The first-order valence-electron chi connectivity index (χ1n) is 6.79. The Kier molecular flexibility index (Phi) is 5.44. The molecule has 1 N–H and O–H groups in total. The second kappa shape index (κ2) is 7.31. The Labute approximate surface area is 124 Å². The Balaban J connectivity index is 1.99. The Morgan fingerprint density at radius 1 is 1.40 bits per heavy atom. The maximum Gasteiger partial charge on any atom is 0.142 e. The zero-order chi connectivity index (χ0) is 14.4. The summed E-state index contributed by atoms with van der Waals surface area (Å²) in [5, 5.41) is 3.94. The summed E-state index contributed by atoms with van der Waals surface area (Å²) in [5.74, 6) is 1.77. The summed E-state index contributed by atoms with van der Waals surface area (Å²) in [4.78, 5) is 4.28. The summed E-state index contributed by atoms with van der Waals surface area (Å²) in [6.07, 6.45) is 4.48. The molecule has 4 nitrogen and oxygen atoms in total. The van der Waals surface area contributed by atoms with Gasteiger partial charge < -0.3 is 14.6 Å². The molecule has 1 aromatic carbocycles. The first-order valence-corrected chi connectivity index (χ1v) is 7.17. The topological polar surface area (TPSA) is 39.1 Å². The summed E-state index contributed by atoms with van der Waals surface area (Å²) in [6, 6.07) is 5.83. The van der Waals surface area contributed by atoms with Crippen LogP contribution in [0.25, 0.3) is 0 Å². The van der Waals surface area contributed by atoms with Crippen molar-refractivity contribution in [3.63, 3.8) is 0 Å². The maximum atomic E-state index is 6.23. The van der Waals surface area contributed by atoms with Gasteiger partial charge in [-0.1, -0.05) is 30.7 Å². The van der Waals surface area contributed by atoms with Gasteiger partial charge in [-0.15, -0.1) is 0 Å². The van der Waals surface area contributed by atoms with Crippen LogP contribution in [-0.4, -0.2) is 22.7 Å². The number of aromatic nitrogens is 2. The maximum absolute atomic E-state index is 6.23. The molecule has 0 spiro atoms. The molecule has 0 amide bonds. The fourth-order valence-corrected chi connectivity index (χ4v) is 2.24. The van der Waals surface area contributed by atoms with Crippen molar-refractivity contribution in [1.82, 2.24) is 14.9 Å². The van der Waals surface area contributed by atoms with E-state index in [1.54, 1.807) is 6.20 Å². The molecule has 108 valence electrons. The molecule has 0 aliphatic heterocycles. The monoisotopic (exact) mass is 293 g/mol. The van der Waals surface area contributed by atoms with E-state index in [1.165, 1.54) is 0 Å². The van der Waals surface area contributed by atoms with Gasteiger partial charge in [0.05, 0.1) is 11.6 Å². The van der Waals surface area contributed by atoms with Crippen molar-refractivity contribution in [2.75, 3.05) is 13.2 Å². The quantitative estimate of drug-likeness (QED) is 0.853. The van der Waals surface area contributed by atoms with Gasteiger partial charge in [-0.25, -0.2) is 4.98 Å². The Bertz CT molecular complexity index is 554. The number of aryl methyl sites for hydroxylation is 1. The van der Waals surface area contributed by atoms with E-state index in [0.29, 0.717) is 11.6 Å². The van der Waals surface area contributed by atoms with E-state index in [1.807, 2.05) is 36.0 Å². The number of nitrogens with one attached hydrogen (secondary N) is 1. The lowest BCUT2D eigenvalue weighted by Crippen LogP contribution is -2.14. The number of imidazole rings is 1. The molecule has 0 aliphatic rings. The van der Waals surface area contributed by atoms with E-state index in [-0.39, 0.29) is 0 Å². The average molecular weight is 294 g/mol. The minimum Gasteiger partial charge on any atom is -0.491 e. The molecule has 0 aliphatic carbocycles. The van der Waals surface area contributed by atoms with Crippen molar-refractivity contribution in [2.24, 2.45) is 7.05 Å². The normalized spacial score (nSPS) is 10.8. The Hall–Kier alpha value is -1.52. The predicted molar refractivity (Wildman–Crippen MR) is 81.2 cm³/mol. The summed E-state index contributed by atoms with van der Waals surface area (Å²) in [5.41, 5.74) is 1.08. The van der Waals surface area contributed by atoms with Gasteiger partial charge in [-0.3, -0.25) is 0 Å². The van der Waals surface area contributed by atoms with Gasteiger partial charge in [0.15, 0.2) is 0 Å². The molecule has 1 aromatic heterocycles. The van der Waals surface area contributed by atoms with Gasteiger partial charge in [0, 0.05) is 38.0 Å². The van der Waals surface area contributed by atoms with Crippen LogP contribution in [0.5, 0.6) is 5.75 Å². The van der Waals surface area contributed by atoms with Gasteiger partial charge >= 0.3 is 0 Å². The largest absolute Gasteiger partial charge is 0.491 e. The van der Waals surface area contributed by atoms with Gasteiger partial charge in [-0.2, -0.15) is 0 Å². The Morgan fingerprint density at radius 2 is 2.25 bits per heavy atom. The van der Waals surface area contributed by atoms with Crippen LogP contribution in [0, 0.1) is 0 Å². The summed E-state index contributed by atoms with van der Waals surface area (Å²) in [7, 11) is 1.98. The van der Waals surface area contributed by atoms with E-state index in [9.17, 15) is 0 Å². The van der Waals surface area contributed by atoms with Crippen molar-refractivity contribution < 1.29 is 4.74 Å². The predicted octanol–water partition coefficient (Wildman–Crippen LogP) is 2.80. The standard InChI is InChI=1S/C15H20ClN3O/c1-3-17-11-12-5-4-6-13(16)15(12)20-10-7-14-18-8-9-19(14)2/h4-6,8-9,17H,3,7,10-11H2,1-2H3. The van der Waals surface area contributed by atoms with Crippen LogP contribution in [0.1, 0.15) is 18.3 Å². The highest BCUT2D eigenvalue weighted by Gasteiger charge is 2.08. The molecule has 0 atom stereocenters. The molecule has 20 heavy (non-hydrogen) atoms. The van der Waals surface area contributed by atoms with Crippen molar-refractivity contribution in [1.29, 1.82) is 0 Å². The van der Waals surface area contributed by atoms with Crippen LogP contribution in [0.3, 0.4) is 0 Å². The lowest BCUT2D eigenvalue weighted by atomic mass is 10.2. The Morgan fingerprint density at radius 3 is 2.95 bits per heavy atom. The highest BCUT2D eigenvalue weighted by atomic mass is 35.5. The zero-order valence-corrected chi connectivity index (χ0v) is 12.7. The first kappa shape index (κ1) is 14.9. The average Bonchev–Trinajstić information content (AvgIpc) is 2.84. The third-order valence-electron chi connectivity index (χ3n) is 3.11. The summed E-state index contributed by atoms with van der Waals surface area (Å²) in [6.45, 7) is 4.31. The molecule has 2 aromatic rings.